The van der Waals surface area contributed by atoms with E-state index in [0.29, 0.717) is 22.4 Å². The van der Waals surface area contributed by atoms with E-state index in [1.165, 1.54) is 7.11 Å². The van der Waals surface area contributed by atoms with Crippen LogP contribution in [-0.2, 0) is 11.2 Å². The van der Waals surface area contributed by atoms with Gasteiger partial charge in [0, 0.05) is 4.90 Å². The molecule has 0 aliphatic carbocycles. The van der Waals surface area contributed by atoms with E-state index in [2.05, 4.69) is 23.4 Å². The molecule has 4 heteroatoms. The van der Waals surface area contributed by atoms with Crippen molar-refractivity contribution in [3.05, 3.63) is 28.8 Å². The molecule has 0 aromatic heterocycles. The first-order valence-electron chi connectivity index (χ1n) is 4.49. The topological polar surface area (TPSA) is 50.1 Å². The van der Waals surface area contributed by atoms with Crippen molar-refractivity contribution in [1.82, 2.24) is 0 Å². The van der Waals surface area contributed by atoms with Gasteiger partial charge in [0.05, 0.1) is 24.3 Å². The predicted octanol–water partition coefficient (Wildman–Crippen LogP) is 2.20. The molecule has 78 valence electrons. The summed E-state index contributed by atoms with van der Waals surface area (Å²) in [5.41, 5.74) is 1.73. The summed E-state index contributed by atoms with van der Waals surface area (Å²) in [6.45, 7) is 1.91. The van der Waals surface area contributed by atoms with E-state index < -0.39 is 5.97 Å². The normalized spacial score (nSPS) is 9.47. The molecule has 0 saturated heterocycles. The van der Waals surface area contributed by atoms with Crippen LogP contribution in [0.2, 0.25) is 0 Å². The lowest BCUT2D eigenvalue weighted by Gasteiger charge is -2.08. The summed E-state index contributed by atoms with van der Waals surface area (Å²) in [7, 11) is 1.32. The van der Waals surface area contributed by atoms with Crippen LogP contribution >= 0.6 is 12.6 Å². The number of esters is 1. The molecule has 0 heterocycles. The molecule has 1 rings (SSSR count). The second-order valence-electron chi connectivity index (χ2n) is 2.94. The number of carbonyl (C=O) groups is 1. The molecule has 15 heavy (non-hydrogen) atoms. The monoisotopic (exact) mass is 221 g/mol. The highest BCUT2D eigenvalue weighted by atomic mass is 32.1. The second-order valence-corrected chi connectivity index (χ2v) is 3.39. The summed E-state index contributed by atoms with van der Waals surface area (Å²) in [4.78, 5) is 11.9. The molecule has 0 N–H and O–H groups in total. The van der Waals surface area contributed by atoms with Gasteiger partial charge >= 0.3 is 5.97 Å². The van der Waals surface area contributed by atoms with Gasteiger partial charge in [-0.15, -0.1) is 12.6 Å². The Balaban J connectivity index is 3.37. The number of hydrogen-bond acceptors (Lipinski definition) is 4. The third kappa shape index (κ3) is 2.13. The van der Waals surface area contributed by atoms with Crippen molar-refractivity contribution in [2.45, 2.75) is 18.2 Å². The molecule has 0 unspecified atom stereocenters. The second kappa shape index (κ2) is 4.85. The van der Waals surface area contributed by atoms with Gasteiger partial charge in [-0.3, -0.25) is 0 Å². The first-order valence-corrected chi connectivity index (χ1v) is 4.93. The molecule has 0 saturated carbocycles. The van der Waals surface area contributed by atoms with Crippen LogP contribution in [0.4, 0.5) is 0 Å². The number of rotatable bonds is 2. The van der Waals surface area contributed by atoms with Crippen molar-refractivity contribution >= 4 is 18.6 Å². The van der Waals surface area contributed by atoms with Gasteiger partial charge < -0.3 is 4.74 Å². The Bertz CT molecular complexity index is 435. The molecule has 0 radical (unpaired) electrons. The molecule has 0 aliphatic rings. The maximum atomic E-state index is 11.3. The van der Waals surface area contributed by atoms with E-state index in [1.807, 2.05) is 6.92 Å². The van der Waals surface area contributed by atoms with Crippen LogP contribution in [0.5, 0.6) is 0 Å². The van der Waals surface area contributed by atoms with Gasteiger partial charge in [-0.1, -0.05) is 6.92 Å². The van der Waals surface area contributed by atoms with E-state index in [0.717, 1.165) is 5.56 Å². The lowest BCUT2D eigenvalue weighted by molar-refractivity contribution is 0.0596. The van der Waals surface area contributed by atoms with Crippen LogP contribution in [0.25, 0.3) is 0 Å². The Morgan fingerprint density at radius 3 is 2.73 bits per heavy atom. The van der Waals surface area contributed by atoms with E-state index in [9.17, 15) is 4.79 Å². The fourth-order valence-corrected chi connectivity index (χ4v) is 1.82. The molecule has 0 amide bonds. The number of carbonyl (C=O) groups excluding carboxylic acids is 1. The summed E-state index contributed by atoms with van der Waals surface area (Å²) < 4.78 is 4.62. The van der Waals surface area contributed by atoms with Gasteiger partial charge in [0.25, 0.3) is 0 Å². The van der Waals surface area contributed by atoms with Crippen LogP contribution in [0.1, 0.15) is 28.4 Å². The number of thiol groups is 1. The zero-order valence-corrected chi connectivity index (χ0v) is 9.47. The lowest BCUT2D eigenvalue weighted by atomic mass is 10.0. The average molecular weight is 221 g/mol. The number of hydrogen-bond donors (Lipinski definition) is 1. The Morgan fingerprint density at radius 2 is 2.27 bits per heavy atom. The zero-order valence-electron chi connectivity index (χ0n) is 8.57. The minimum absolute atomic E-state index is 0.400. The van der Waals surface area contributed by atoms with Crippen LogP contribution < -0.4 is 0 Å². The van der Waals surface area contributed by atoms with Gasteiger partial charge in [-0.05, 0) is 24.1 Å². The Morgan fingerprint density at radius 1 is 1.60 bits per heavy atom. The third-order valence-electron chi connectivity index (χ3n) is 2.16. The van der Waals surface area contributed by atoms with Crippen molar-refractivity contribution in [2.24, 2.45) is 0 Å². The van der Waals surface area contributed by atoms with E-state index >= 15 is 0 Å². The maximum Gasteiger partial charge on any atom is 0.338 e. The Kier molecular flexibility index (Phi) is 3.75. The highest BCUT2D eigenvalue weighted by Crippen LogP contribution is 2.23. The Hall–Kier alpha value is -1.47. The van der Waals surface area contributed by atoms with Crippen molar-refractivity contribution in [3.8, 4) is 6.07 Å². The number of ether oxygens (including phenoxy) is 1. The third-order valence-corrected chi connectivity index (χ3v) is 2.67. The fraction of sp³-hybridized carbons (Fsp3) is 0.273. The van der Waals surface area contributed by atoms with Crippen LogP contribution in [0.15, 0.2) is 17.0 Å². The number of nitriles is 1. The summed E-state index contributed by atoms with van der Waals surface area (Å²) in [6, 6.07) is 5.25. The standard InChI is InChI=1S/C11H11NO2S/c1-3-8-7(6-12)4-5-9(10(8)15)11(13)14-2/h4-5,15H,3H2,1-2H3. The highest BCUT2D eigenvalue weighted by molar-refractivity contribution is 7.80. The van der Waals surface area contributed by atoms with Crippen molar-refractivity contribution in [2.75, 3.05) is 7.11 Å². The summed E-state index contributed by atoms with van der Waals surface area (Å²) in [5.74, 6) is -0.431. The van der Waals surface area contributed by atoms with Gasteiger partial charge in [0.15, 0.2) is 0 Å². The minimum atomic E-state index is -0.431. The number of benzene rings is 1. The molecule has 0 spiro atoms. The molecule has 0 atom stereocenters. The molecule has 0 aliphatic heterocycles. The van der Waals surface area contributed by atoms with Crippen molar-refractivity contribution < 1.29 is 9.53 Å². The average Bonchev–Trinajstić information content (AvgIpc) is 2.27. The SMILES string of the molecule is CCc1c(C#N)ccc(C(=O)OC)c1S. The van der Waals surface area contributed by atoms with Gasteiger partial charge in [-0.25, -0.2) is 4.79 Å². The van der Waals surface area contributed by atoms with Crippen LogP contribution in [0.3, 0.4) is 0 Å². The summed E-state index contributed by atoms with van der Waals surface area (Å²) in [5, 5.41) is 8.86. The summed E-state index contributed by atoms with van der Waals surface area (Å²) >= 11 is 4.26. The molecule has 0 fully saturated rings. The Labute approximate surface area is 94.1 Å². The predicted molar refractivity (Wildman–Crippen MR) is 59.1 cm³/mol. The molecular formula is C11H11NO2S. The molecule has 3 nitrogen and oxygen atoms in total. The van der Waals surface area contributed by atoms with Gasteiger partial charge in [0.1, 0.15) is 0 Å². The molecule has 1 aromatic carbocycles. The lowest BCUT2D eigenvalue weighted by Crippen LogP contribution is -2.05. The van der Waals surface area contributed by atoms with Crippen molar-refractivity contribution in [3.63, 3.8) is 0 Å². The number of nitrogens with zero attached hydrogens (tertiary/aromatic N) is 1. The zero-order chi connectivity index (χ0) is 11.4. The quantitative estimate of drug-likeness (QED) is 0.615. The minimum Gasteiger partial charge on any atom is -0.465 e. The largest absolute Gasteiger partial charge is 0.465 e. The fourth-order valence-electron chi connectivity index (χ4n) is 1.37. The first-order chi connectivity index (χ1) is 7.15. The van der Waals surface area contributed by atoms with E-state index in [4.69, 9.17) is 5.26 Å². The van der Waals surface area contributed by atoms with E-state index in [-0.39, 0.29) is 0 Å². The number of methoxy groups -OCH3 is 1. The smallest absolute Gasteiger partial charge is 0.338 e. The van der Waals surface area contributed by atoms with Gasteiger partial charge in [0.2, 0.25) is 0 Å². The first kappa shape index (κ1) is 11.6. The molecule has 0 bridgehead atoms. The maximum absolute atomic E-state index is 11.3. The van der Waals surface area contributed by atoms with E-state index in [1.54, 1.807) is 12.1 Å². The van der Waals surface area contributed by atoms with Crippen LogP contribution in [0, 0.1) is 11.3 Å². The van der Waals surface area contributed by atoms with Crippen LogP contribution in [-0.4, -0.2) is 13.1 Å². The van der Waals surface area contributed by atoms with Gasteiger partial charge in [-0.2, -0.15) is 5.26 Å². The molecule has 1 aromatic rings. The molecular weight excluding hydrogens is 210 g/mol. The summed E-state index contributed by atoms with van der Waals surface area (Å²) in [6.07, 6.45) is 0.659. The highest BCUT2D eigenvalue weighted by Gasteiger charge is 2.14. The van der Waals surface area contributed by atoms with Crippen molar-refractivity contribution in [1.29, 1.82) is 5.26 Å².